The second kappa shape index (κ2) is 5.37. The van der Waals surface area contributed by atoms with Crippen LogP contribution in [0.5, 0.6) is 0 Å². The van der Waals surface area contributed by atoms with Gasteiger partial charge in [-0.05, 0) is 40.8 Å². The SMILES string of the molecule is CC1CN(C)CCCN1C(=O)C(C)(C)CCl. The van der Waals surface area contributed by atoms with E-state index in [0.29, 0.717) is 5.88 Å². The van der Waals surface area contributed by atoms with E-state index in [1.54, 1.807) is 0 Å². The molecule has 0 radical (unpaired) electrons. The highest BCUT2D eigenvalue weighted by atomic mass is 35.5. The number of amides is 1. The highest BCUT2D eigenvalue weighted by molar-refractivity contribution is 6.19. The molecule has 1 aliphatic rings. The van der Waals surface area contributed by atoms with E-state index in [1.165, 1.54) is 0 Å². The van der Waals surface area contributed by atoms with Crippen molar-refractivity contribution >= 4 is 17.5 Å². The standard InChI is InChI=1S/C12H23ClN2O/c1-10-8-14(4)6-5-7-15(10)11(16)12(2,3)9-13/h10H,5-9H2,1-4H3. The number of nitrogens with zero attached hydrogens (tertiary/aromatic N) is 2. The van der Waals surface area contributed by atoms with Crippen LogP contribution in [0.3, 0.4) is 0 Å². The Morgan fingerprint density at radius 3 is 2.62 bits per heavy atom. The Hall–Kier alpha value is -0.280. The average molecular weight is 247 g/mol. The highest BCUT2D eigenvalue weighted by Gasteiger charge is 2.34. The Bertz CT molecular complexity index is 255. The summed E-state index contributed by atoms with van der Waals surface area (Å²) in [4.78, 5) is 16.6. The van der Waals surface area contributed by atoms with Gasteiger partial charge < -0.3 is 9.80 Å². The number of rotatable bonds is 2. The summed E-state index contributed by atoms with van der Waals surface area (Å²) in [5, 5.41) is 0. The smallest absolute Gasteiger partial charge is 0.229 e. The Morgan fingerprint density at radius 1 is 1.44 bits per heavy atom. The number of halogens is 1. The second-order valence-electron chi connectivity index (χ2n) is 5.48. The molecule has 1 atom stereocenters. The minimum atomic E-state index is -0.446. The molecule has 0 saturated carbocycles. The van der Waals surface area contributed by atoms with Gasteiger partial charge in [-0.2, -0.15) is 0 Å². The van der Waals surface area contributed by atoms with Crippen LogP contribution in [-0.2, 0) is 4.79 Å². The summed E-state index contributed by atoms with van der Waals surface area (Å²) in [7, 11) is 2.11. The molecule has 94 valence electrons. The van der Waals surface area contributed by atoms with Crippen LogP contribution in [0.4, 0.5) is 0 Å². The highest BCUT2D eigenvalue weighted by Crippen LogP contribution is 2.23. The monoisotopic (exact) mass is 246 g/mol. The summed E-state index contributed by atoms with van der Waals surface area (Å²) < 4.78 is 0. The summed E-state index contributed by atoms with van der Waals surface area (Å²) in [5.74, 6) is 0.565. The van der Waals surface area contributed by atoms with E-state index in [2.05, 4.69) is 18.9 Å². The third-order valence-corrected chi connectivity index (χ3v) is 3.89. The molecule has 1 heterocycles. The summed E-state index contributed by atoms with van der Waals surface area (Å²) >= 11 is 5.87. The molecule has 0 aliphatic carbocycles. The quantitative estimate of drug-likeness (QED) is 0.694. The van der Waals surface area contributed by atoms with Crippen LogP contribution in [0.1, 0.15) is 27.2 Å². The van der Waals surface area contributed by atoms with Gasteiger partial charge in [0.2, 0.25) is 5.91 Å². The molecule has 0 N–H and O–H groups in total. The van der Waals surface area contributed by atoms with Crippen molar-refractivity contribution in [2.75, 3.05) is 32.6 Å². The Morgan fingerprint density at radius 2 is 2.06 bits per heavy atom. The molecular formula is C12H23ClN2O. The van der Waals surface area contributed by atoms with Crippen LogP contribution >= 0.6 is 11.6 Å². The van der Waals surface area contributed by atoms with Gasteiger partial charge in [-0.1, -0.05) is 0 Å². The van der Waals surface area contributed by atoms with Gasteiger partial charge in [0.05, 0.1) is 5.41 Å². The maximum atomic E-state index is 12.3. The predicted molar refractivity (Wildman–Crippen MR) is 67.8 cm³/mol. The molecule has 1 rings (SSSR count). The largest absolute Gasteiger partial charge is 0.338 e. The van der Waals surface area contributed by atoms with Crippen molar-refractivity contribution in [1.82, 2.24) is 9.80 Å². The minimum absolute atomic E-state index is 0.185. The molecular weight excluding hydrogens is 224 g/mol. The first kappa shape index (κ1) is 13.8. The van der Waals surface area contributed by atoms with E-state index in [-0.39, 0.29) is 11.9 Å². The molecule has 1 fully saturated rings. The van der Waals surface area contributed by atoms with Crippen molar-refractivity contribution in [1.29, 1.82) is 0 Å². The summed E-state index contributed by atoms with van der Waals surface area (Å²) in [6.45, 7) is 8.82. The molecule has 16 heavy (non-hydrogen) atoms. The number of hydrogen-bond acceptors (Lipinski definition) is 2. The molecule has 3 nitrogen and oxygen atoms in total. The molecule has 1 amide bonds. The van der Waals surface area contributed by atoms with E-state index in [4.69, 9.17) is 11.6 Å². The molecule has 4 heteroatoms. The fourth-order valence-corrected chi connectivity index (χ4v) is 2.23. The molecule has 1 unspecified atom stereocenters. The molecule has 0 aromatic heterocycles. The predicted octanol–water partition coefficient (Wildman–Crippen LogP) is 1.80. The fraction of sp³-hybridized carbons (Fsp3) is 0.917. The van der Waals surface area contributed by atoms with Gasteiger partial charge in [-0.25, -0.2) is 0 Å². The molecule has 1 aliphatic heterocycles. The van der Waals surface area contributed by atoms with Crippen molar-refractivity contribution < 1.29 is 4.79 Å². The molecule has 1 saturated heterocycles. The third-order valence-electron chi connectivity index (χ3n) is 3.22. The van der Waals surface area contributed by atoms with Crippen LogP contribution in [0, 0.1) is 5.41 Å². The molecule has 0 spiro atoms. The number of carbonyl (C=O) groups excluding carboxylic acids is 1. The fourth-order valence-electron chi connectivity index (χ4n) is 2.12. The lowest BCUT2D eigenvalue weighted by Gasteiger charge is -2.34. The zero-order valence-corrected chi connectivity index (χ0v) is 11.5. The number of carbonyl (C=O) groups is 1. The van der Waals surface area contributed by atoms with Crippen LogP contribution < -0.4 is 0 Å². The van der Waals surface area contributed by atoms with E-state index >= 15 is 0 Å². The van der Waals surface area contributed by atoms with Gasteiger partial charge in [-0.15, -0.1) is 11.6 Å². The van der Waals surface area contributed by atoms with E-state index in [1.807, 2.05) is 18.7 Å². The van der Waals surface area contributed by atoms with Crippen molar-refractivity contribution in [3.8, 4) is 0 Å². The normalized spacial score (nSPS) is 24.3. The Labute approximate surface area is 104 Å². The number of hydrogen-bond donors (Lipinski definition) is 0. The maximum Gasteiger partial charge on any atom is 0.229 e. The minimum Gasteiger partial charge on any atom is -0.338 e. The first-order valence-electron chi connectivity index (χ1n) is 5.94. The second-order valence-corrected chi connectivity index (χ2v) is 5.75. The van der Waals surface area contributed by atoms with E-state index in [9.17, 15) is 4.79 Å². The van der Waals surface area contributed by atoms with Crippen LogP contribution in [-0.4, -0.2) is 54.3 Å². The average Bonchev–Trinajstić information content (AvgIpc) is 2.38. The van der Waals surface area contributed by atoms with Crippen molar-refractivity contribution in [3.05, 3.63) is 0 Å². The maximum absolute atomic E-state index is 12.3. The van der Waals surface area contributed by atoms with Gasteiger partial charge in [0.15, 0.2) is 0 Å². The lowest BCUT2D eigenvalue weighted by molar-refractivity contribution is -0.141. The lowest BCUT2D eigenvalue weighted by Crippen LogP contribution is -2.48. The van der Waals surface area contributed by atoms with Crippen molar-refractivity contribution in [2.24, 2.45) is 5.41 Å². The molecule has 0 aromatic rings. The summed E-state index contributed by atoms with van der Waals surface area (Å²) in [6, 6.07) is 0.280. The van der Waals surface area contributed by atoms with Crippen LogP contribution in [0.25, 0.3) is 0 Å². The number of likely N-dealkylation sites (N-methyl/N-ethyl adjacent to an activating group) is 1. The zero-order valence-electron chi connectivity index (χ0n) is 10.8. The van der Waals surface area contributed by atoms with Gasteiger partial charge in [-0.3, -0.25) is 4.79 Å². The topological polar surface area (TPSA) is 23.6 Å². The van der Waals surface area contributed by atoms with Gasteiger partial charge in [0.25, 0.3) is 0 Å². The number of alkyl halides is 1. The van der Waals surface area contributed by atoms with E-state index in [0.717, 1.165) is 26.1 Å². The van der Waals surface area contributed by atoms with Gasteiger partial charge >= 0.3 is 0 Å². The Balaban J connectivity index is 2.74. The lowest BCUT2D eigenvalue weighted by atomic mass is 9.93. The first-order valence-corrected chi connectivity index (χ1v) is 6.47. The van der Waals surface area contributed by atoms with Gasteiger partial charge in [0, 0.05) is 25.0 Å². The van der Waals surface area contributed by atoms with Crippen LogP contribution in [0.2, 0.25) is 0 Å². The first-order chi connectivity index (χ1) is 7.38. The summed E-state index contributed by atoms with van der Waals surface area (Å²) in [6.07, 6.45) is 1.05. The molecule has 0 bridgehead atoms. The van der Waals surface area contributed by atoms with Crippen molar-refractivity contribution in [3.63, 3.8) is 0 Å². The van der Waals surface area contributed by atoms with Gasteiger partial charge in [0.1, 0.15) is 0 Å². The third kappa shape index (κ3) is 3.11. The van der Waals surface area contributed by atoms with Crippen LogP contribution in [0.15, 0.2) is 0 Å². The Kier molecular flexibility index (Phi) is 4.62. The van der Waals surface area contributed by atoms with Crippen molar-refractivity contribution in [2.45, 2.75) is 33.2 Å². The zero-order chi connectivity index (χ0) is 12.3. The molecule has 0 aromatic carbocycles. The summed E-state index contributed by atoms with van der Waals surface area (Å²) in [5.41, 5.74) is -0.446. The van der Waals surface area contributed by atoms with E-state index < -0.39 is 5.41 Å².